The molecule has 206 valence electrons. The fourth-order valence-electron chi connectivity index (χ4n) is 5.23. The van der Waals surface area contributed by atoms with E-state index in [1.54, 1.807) is 9.80 Å². The van der Waals surface area contributed by atoms with Gasteiger partial charge in [-0.2, -0.15) is 18.3 Å². The van der Waals surface area contributed by atoms with E-state index < -0.39 is 11.7 Å². The Hall–Kier alpha value is -3.74. The van der Waals surface area contributed by atoms with Gasteiger partial charge in [0.15, 0.2) is 5.82 Å². The normalized spacial score (nSPS) is 20.5. The number of ether oxygens (including phenoxy) is 1. The van der Waals surface area contributed by atoms with Crippen LogP contribution in [-0.4, -0.2) is 83.0 Å². The molecule has 2 saturated heterocycles. The molecule has 1 N–H and O–H groups in total. The van der Waals surface area contributed by atoms with Crippen molar-refractivity contribution in [2.75, 3.05) is 55.7 Å². The summed E-state index contributed by atoms with van der Waals surface area (Å²) in [5.74, 6) is 1.40. The SMILES string of the molecule is O=C(CC1CN(c2n[nH]c(=O)c3ccc(C4CC4)cc23)CCO1)N1CCN(c2ncc(C(F)(F)F)cn2)CC1. The van der Waals surface area contributed by atoms with Crippen molar-refractivity contribution in [3.8, 4) is 0 Å². The van der Waals surface area contributed by atoms with E-state index >= 15 is 0 Å². The first kappa shape index (κ1) is 25.5. The van der Waals surface area contributed by atoms with E-state index in [1.807, 2.05) is 12.1 Å². The molecule has 4 heterocycles. The van der Waals surface area contributed by atoms with Crippen LogP contribution in [0.15, 0.2) is 35.4 Å². The lowest BCUT2D eigenvalue weighted by atomic mass is 10.0. The van der Waals surface area contributed by atoms with Gasteiger partial charge >= 0.3 is 6.18 Å². The molecule has 0 radical (unpaired) electrons. The number of piperazine rings is 1. The topological polar surface area (TPSA) is 108 Å². The van der Waals surface area contributed by atoms with Crippen molar-refractivity contribution in [3.63, 3.8) is 0 Å². The number of nitrogens with one attached hydrogen (secondary N) is 1. The maximum atomic E-state index is 13.1. The van der Waals surface area contributed by atoms with Gasteiger partial charge in [-0.05, 0) is 36.5 Å². The van der Waals surface area contributed by atoms with Crippen LogP contribution < -0.4 is 15.4 Å². The molecule has 6 rings (SSSR count). The zero-order chi connectivity index (χ0) is 27.1. The molecule has 1 saturated carbocycles. The Morgan fingerprint density at radius 1 is 1.03 bits per heavy atom. The smallest absolute Gasteiger partial charge is 0.374 e. The first-order valence-electron chi connectivity index (χ1n) is 13.1. The Kier molecular flexibility index (Phi) is 6.61. The van der Waals surface area contributed by atoms with Gasteiger partial charge in [0.2, 0.25) is 11.9 Å². The van der Waals surface area contributed by atoms with Crippen LogP contribution in [0.25, 0.3) is 10.8 Å². The number of hydrogen-bond donors (Lipinski definition) is 1. The Morgan fingerprint density at radius 2 is 1.77 bits per heavy atom. The third kappa shape index (κ3) is 5.40. The van der Waals surface area contributed by atoms with Gasteiger partial charge < -0.3 is 19.4 Å². The second-order valence-electron chi connectivity index (χ2n) is 10.2. The summed E-state index contributed by atoms with van der Waals surface area (Å²) < 4.78 is 44.3. The standard InChI is InChI=1S/C26H28F3N7O3/c27-26(28,29)18-13-30-25(31-14-18)35-7-5-34(6-8-35)22(37)12-19-15-36(9-10-39-19)23-21-11-17(16-1-2-16)3-4-20(21)24(38)33-32-23/h3-4,11,13-14,16,19H,1-2,5-10,12,15H2,(H,33,38). The summed E-state index contributed by atoms with van der Waals surface area (Å²) in [7, 11) is 0. The molecule has 1 aliphatic carbocycles. The minimum Gasteiger partial charge on any atom is -0.374 e. The Bertz CT molecular complexity index is 1420. The van der Waals surface area contributed by atoms with Crippen LogP contribution in [0.4, 0.5) is 24.9 Å². The maximum Gasteiger partial charge on any atom is 0.419 e. The third-order valence-corrected chi connectivity index (χ3v) is 7.56. The molecule has 3 aromatic rings. The van der Waals surface area contributed by atoms with Gasteiger partial charge in [-0.3, -0.25) is 9.59 Å². The maximum absolute atomic E-state index is 13.1. The summed E-state index contributed by atoms with van der Waals surface area (Å²) >= 11 is 0. The second kappa shape index (κ2) is 10.1. The van der Waals surface area contributed by atoms with Crippen molar-refractivity contribution in [2.45, 2.75) is 37.5 Å². The monoisotopic (exact) mass is 543 g/mol. The first-order valence-corrected chi connectivity index (χ1v) is 13.1. The molecule has 0 spiro atoms. The number of aromatic nitrogens is 4. The molecular weight excluding hydrogens is 515 g/mol. The number of morpholine rings is 1. The lowest BCUT2D eigenvalue weighted by Crippen LogP contribution is -2.51. The summed E-state index contributed by atoms with van der Waals surface area (Å²) in [5, 5.41) is 8.39. The number of carbonyl (C=O) groups is 1. The molecule has 10 nitrogen and oxygen atoms in total. The molecule has 1 unspecified atom stereocenters. The summed E-state index contributed by atoms with van der Waals surface area (Å²) in [4.78, 5) is 38.8. The number of alkyl halides is 3. The van der Waals surface area contributed by atoms with Crippen molar-refractivity contribution in [2.24, 2.45) is 0 Å². The van der Waals surface area contributed by atoms with Gasteiger partial charge in [-0.1, -0.05) is 6.07 Å². The predicted molar refractivity (Wildman–Crippen MR) is 137 cm³/mol. The van der Waals surface area contributed by atoms with Gasteiger partial charge in [-0.15, -0.1) is 0 Å². The minimum absolute atomic E-state index is 0.0508. The van der Waals surface area contributed by atoms with E-state index in [0.717, 1.165) is 30.6 Å². The van der Waals surface area contributed by atoms with Crippen molar-refractivity contribution in [1.82, 2.24) is 25.1 Å². The van der Waals surface area contributed by atoms with Crippen molar-refractivity contribution >= 4 is 28.4 Å². The fourth-order valence-corrected chi connectivity index (χ4v) is 5.23. The van der Waals surface area contributed by atoms with Crippen LogP contribution in [0.1, 0.15) is 36.3 Å². The highest BCUT2D eigenvalue weighted by molar-refractivity contribution is 5.92. The highest BCUT2D eigenvalue weighted by Gasteiger charge is 2.33. The number of rotatable bonds is 5. The quantitative estimate of drug-likeness (QED) is 0.523. The molecule has 1 atom stereocenters. The van der Waals surface area contributed by atoms with Gasteiger partial charge in [0.25, 0.3) is 5.56 Å². The van der Waals surface area contributed by atoms with Crippen LogP contribution in [0.2, 0.25) is 0 Å². The number of carbonyl (C=O) groups excluding carboxylic acids is 1. The zero-order valence-electron chi connectivity index (χ0n) is 21.2. The van der Waals surface area contributed by atoms with Gasteiger partial charge in [0.05, 0.1) is 30.1 Å². The number of H-pyrrole nitrogens is 1. The number of fused-ring (bicyclic) bond motifs is 1. The van der Waals surface area contributed by atoms with E-state index in [-0.39, 0.29) is 29.9 Å². The summed E-state index contributed by atoms with van der Waals surface area (Å²) in [6.45, 7) is 3.16. The molecule has 1 aromatic carbocycles. The molecule has 2 aliphatic heterocycles. The average Bonchev–Trinajstić information content (AvgIpc) is 3.79. The lowest BCUT2D eigenvalue weighted by Gasteiger charge is -2.37. The highest BCUT2D eigenvalue weighted by Crippen LogP contribution is 2.41. The van der Waals surface area contributed by atoms with Crippen LogP contribution >= 0.6 is 0 Å². The van der Waals surface area contributed by atoms with Crippen LogP contribution in [0, 0.1) is 0 Å². The second-order valence-corrected chi connectivity index (χ2v) is 10.2. The minimum atomic E-state index is -4.49. The number of nitrogens with zero attached hydrogens (tertiary/aromatic N) is 6. The van der Waals surface area contributed by atoms with Crippen LogP contribution in [0.5, 0.6) is 0 Å². The lowest BCUT2D eigenvalue weighted by molar-refractivity contribution is -0.138. The summed E-state index contributed by atoms with van der Waals surface area (Å²) in [6, 6.07) is 5.95. The number of anilines is 2. The number of benzene rings is 1. The summed E-state index contributed by atoms with van der Waals surface area (Å²) in [6.07, 6.45) is -0.755. The van der Waals surface area contributed by atoms with Crippen molar-refractivity contribution in [3.05, 3.63) is 52.1 Å². The van der Waals surface area contributed by atoms with E-state index in [4.69, 9.17) is 4.74 Å². The zero-order valence-corrected chi connectivity index (χ0v) is 21.2. The Labute approximate surface area is 221 Å². The van der Waals surface area contributed by atoms with E-state index in [0.29, 0.717) is 63.0 Å². The predicted octanol–water partition coefficient (Wildman–Crippen LogP) is 2.55. The Morgan fingerprint density at radius 3 is 2.46 bits per heavy atom. The van der Waals surface area contributed by atoms with E-state index in [1.165, 1.54) is 5.56 Å². The molecule has 0 bridgehead atoms. The molecule has 39 heavy (non-hydrogen) atoms. The highest BCUT2D eigenvalue weighted by atomic mass is 19.4. The number of halogens is 3. The van der Waals surface area contributed by atoms with Crippen LogP contribution in [-0.2, 0) is 15.7 Å². The molecule has 3 aliphatic rings. The van der Waals surface area contributed by atoms with Crippen LogP contribution in [0.3, 0.4) is 0 Å². The van der Waals surface area contributed by atoms with E-state index in [9.17, 15) is 22.8 Å². The van der Waals surface area contributed by atoms with Crippen molar-refractivity contribution < 1.29 is 22.7 Å². The molecular formula is C26H28F3N7O3. The van der Waals surface area contributed by atoms with Gasteiger partial charge in [0, 0.05) is 57.0 Å². The first-order chi connectivity index (χ1) is 18.8. The molecule has 1 amide bonds. The fraction of sp³-hybridized carbons (Fsp3) is 0.500. The number of aromatic amines is 1. The molecule has 2 aromatic heterocycles. The van der Waals surface area contributed by atoms with Gasteiger partial charge in [0.1, 0.15) is 0 Å². The average molecular weight is 544 g/mol. The third-order valence-electron chi connectivity index (χ3n) is 7.56. The van der Waals surface area contributed by atoms with Gasteiger partial charge in [-0.25, -0.2) is 15.1 Å². The number of amides is 1. The Balaban J connectivity index is 1.08. The molecule has 3 fully saturated rings. The summed E-state index contributed by atoms with van der Waals surface area (Å²) in [5.41, 5.74) is 0.101. The molecule has 13 heteroatoms. The largest absolute Gasteiger partial charge is 0.419 e. The number of hydrogen-bond acceptors (Lipinski definition) is 8. The van der Waals surface area contributed by atoms with Crippen molar-refractivity contribution in [1.29, 1.82) is 0 Å². The van der Waals surface area contributed by atoms with E-state index in [2.05, 4.69) is 31.1 Å².